The summed E-state index contributed by atoms with van der Waals surface area (Å²) in [5.74, 6) is 0.778. The molecule has 3 rings (SSSR count). The van der Waals surface area contributed by atoms with Gasteiger partial charge in [-0.25, -0.2) is 0 Å². The van der Waals surface area contributed by atoms with Gasteiger partial charge >= 0.3 is 11.1 Å². The predicted octanol–water partition coefficient (Wildman–Crippen LogP) is 2.04. The molecule has 0 bridgehead atoms. The molecule has 21 heavy (non-hydrogen) atoms. The van der Waals surface area contributed by atoms with Gasteiger partial charge < -0.3 is 9.84 Å². The van der Waals surface area contributed by atoms with Crippen LogP contribution in [0.2, 0.25) is 10.4 Å². The Morgan fingerprint density at radius 1 is 1.43 bits per heavy atom. The number of hydrogen-bond donors (Lipinski definition) is 1. The number of aromatic nitrogens is 2. The Hall–Kier alpha value is -0.950. The summed E-state index contributed by atoms with van der Waals surface area (Å²) >= 11 is 12.1. The standard InChI is InChI=1S/C13H17Cl2N4O2/c1-7(2)19-9-10(14)16-12(15)17-11(9)18(13(19)20)5-8-3-4-21-6-8/h5,7-8,13,20H,3-4,6H2,1-2H3/q+1/b18-5-. The molecule has 2 aliphatic heterocycles. The molecule has 2 unspecified atom stereocenters. The van der Waals surface area contributed by atoms with Crippen LogP contribution >= 0.6 is 23.2 Å². The minimum atomic E-state index is -0.870. The molecule has 0 amide bonds. The minimum absolute atomic E-state index is 0.0410. The Kier molecular flexibility index (Phi) is 4.05. The van der Waals surface area contributed by atoms with Crippen molar-refractivity contribution in [3.8, 4) is 0 Å². The second-order valence-electron chi connectivity index (χ2n) is 5.48. The Balaban J connectivity index is 2.11. The zero-order valence-corrected chi connectivity index (χ0v) is 13.3. The van der Waals surface area contributed by atoms with Crippen LogP contribution in [-0.4, -0.2) is 51.5 Å². The zero-order valence-electron chi connectivity index (χ0n) is 11.8. The lowest BCUT2D eigenvalue weighted by Crippen LogP contribution is -2.42. The first-order valence-electron chi connectivity index (χ1n) is 6.89. The fourth-order valence-corrected chi connectivity index (χ4v) is 3.19. The largest absolute Gasteiger partial charge is 0.381 e. The molecule has 0 saturated carbocycles. The molecule has 2 aliphatic rings. The van der Waals surface area contributed by atoms with E-state index in [1.165, 1.54) is 0 Å². The van der Waals surface area contributed by atoms with Gasteiger partial charge in [-0.3, -0.25) is 4.90 Å². The summed E-state index contributed by atoms with van der Waals surface area (Å²) in [6.45, 7) is 5.32. The lowest BCUT2D eigenvalue weighted by Gasteiger charge is -2.24. The maximum atomic E-state index is 10.6. The third-order valence-electron chi connectivity index (χ3n) is 3.69. The van der Waals surface area contributed by atoms with Gasteiger partial charge in [0.1, 0.15) is 0 Å². The molecule has 1 aromatic rings. The quantitative estimate of drug-likeness (QED) is 0.510. The maximum Gasteiger partial charge on any atom is 0.357 e. The van der Waals surface area contributed by atoms with Gasteiger partial charge in [0.2, 0.25) is 0 Å². The van der Waals surface area contributed by atoms with Crippen molar-refractivity contribution in [3.05, 3.63) is 10.4 Å². The van der Waals surface area contributed by atoms with Crippen LogP contribution in [0.3, 0.4) is 0 Å². The second kappa shape index (κ2) is 5.68. The summed E-state index contributed by atoms with van der Waals surface area (Å²) in [4.78, 5) is 10.0. The molecule has 0 spiro atoms. The summed E-state index contributed by atoms with van der Waals surface area (Å²) in [5.41, 5.74) is 0.610. The van der Waals surface area contributed by atoms with Crippen LogP contribution in [0.4, 0.5) is 11.5 Å². The highest BCUT2D eigenvalue weighted by atomic mass is 35.5. The molecule has 114 valence electrons. The number of rotatable bonds is 2. The third-order valence-corrected chi connectivity index (χ3v) is 4.12. The lowest BCUT2D eigenvalue weighted by molar-refractivity contribution is -0.527. The first-order valence-corrected chi connectivity index (χ1v) is 7.65. The SMILES string of the molecule is CC(C)N1c2c(Cl)nc(Cl)nc2/[N+](=C/C2CCOC2)C1O. The van der Waals surface area contributed by atoms with E-state index in [2.05, 4.69) is 9.97 Å². The van der Waals surface area contributed by atoms with E-state index >= 15 is 0 Å². The molecule has 0 radical (unpaired) electrons. The lowest BCUT2D eigenvalue weighted by atomic mass is 10.1. The summed E-state index contributed by atoms with van der Waals surface area (Å²) in [7, 11) is 0. The topological polar surface area (TPSA) is 61.5 Å². The van der Waals surface area contributed by atoms with Gasteiger partial charge in [0, 0.05) is 18.6 Å². The van der Waals surface area contributed by atoms with E-state index in [0.717, 1.165) is 13.0 Å². The first kappa shape index (κ1) is 15.0. The molecular weight excluding hydrogens is 315 g/mol. The van der Waals surface area contributed by atoms with Crippen molar-refractivity contribution in [3.63, 3.8) is 0 Å². The Bertz CT molecular complexity index is 588. The van der Waals surface area contributed by atoms with Crippen LogP contribution in [0.15, 0.2) is 0 Å². The highest BCUT2D eigenvalue weighted by molar-refractivity contribution is 6.34. The van der Waals surface area contributed by atoms with Crippen molar-refractivity contribution in [2.45, 2.75) is 32.7 Å². The molecule has 0 aromatic carbocycles. The van der Waals surface area contributed by atoms with E-state index in [9.17, 15) is 5.11 Å². The van der Waals surface area contributed by atoms with E-state index < -0.39 is 6.35 Å². The Morgan fingerprint density at radius 2 is 2.19 bits per heavy atom. The molecule has 1 saturated heterocycles. The fraction of sp³-hybridized carbons (Fsp3) is 0.615. The number of halogens is 2. The third kappa shape index (κ3) is 2.61. The average molecular weight is 332 g/mol. The summed E-state index contributed by atoms with van der Waals surface area (Å²) < 4.78 is 7.08. The number of hydrogen-bond acceptors (Lipinski definition) is 5. The van der Waals surface area contributed by atoms with Crippen LogP contribution in [0.5, 0.6) is 0 Å². The number of nitrogens with zero attached hydrogens (tertiary/aromatic N) is 4. The monoisotopic (exact) mass is 331 g/mol. The van der Waals surface area contributed by atoms with Gasteiger partial charge in [-0.15, -0.1) is 0 Å². The number of ether oxygens (including phenoxy) is 1. The fourth-order valence-electron chi connectivity index (χ4n) is 2.72. The number of anilines is 1. The van der Waals surface area contributed by atoms with E-state index in [1.807, 2.05) is 20.1 Å². The van der Waals surface area contributed by atoms with Crippen molar-refractivity contribution in [2.24, 2.45) is 5.92 Å². The van der Waals surface area contributed by atoms with Crippen molar-refractivity contribution < 1.29 is 14.4 Å². The summed E-state index contributed by atoms with van der Waals surface area (Å²) in [5, 5.41) is 10.9. The van der Waals surface area contributed by atoms with E-state index in [1.54, 1.807) is 9.48 Å². The smallest absolute Gasteiger partial charge is 0.357 e. The Labute approximate surface area is 133 Å². The zero-order chi connectivity index (χ0) is 15.1. The van der Waals surface area contributed by atoms with Gasteiger partial charge in [-0.05, 0) is 36.9 Å². The van der Waals surface area contributed by atoms with Crippen LogP contribution in [-0.2, 0) is 4.74 Å². The van der Waals surface area contributed by atoms with Crippen LogP contribution < -0.4 is 4.90 Å². The average Bonchev–Trinajstić information content (AvgIpc) is 2.99. The first-order chi connectivity index (χ1) is 9.99. The molecule has 1 fully saturated rings. The van der Waals surface area contributed by atoms with Gasteiger partial charge in [-0.1, -0.05) is 11.6 Å². The van der Waals surface area contributed by atoms with Gasteiger partial charge in [0.25, 0.3) is 6.35 Å². The second-order valence-corrected chi connectivity index (χ2v) is 6.18. The van der Waals surface area contributed by atoms with Crippen LogP contribution in [0, 0.1) is 5.92 Å². The van der Waals surface area contributed by atoms with Crippen LogP contribution in [0.1, 0.15) is 20.3 Å². The predicted molar refractivity (Wildman–Crippen MR) is 80.6 cm³/mol. The maximum absolute atomic E-state index is 10.6. The molecule has 1 aromatic heterocycles. The van der Waals surface area contributed by atoms with Crippen molar-refractivity contribution in [2.75, 3.05) is 18.1 Å². The molecule has 2 atom stereocenters. The van der Waals surface area contributed by atoms with E-state index in [-0.39, 0.29) is 22.4 Å². The number of aliphatic hydroxyl groups excluding tert-OH is 1. The van der Waals surface area contributed by atoms with Crippen molar-refractivity contribution >= 4 is 40.9 Å². The molecule has 3 heterocycles. The molecular formula is C13H17Cl2N4O2+. The number of fused-ring (bicyclic) bond motifs is 1. The minimum Gasteiger partial charge on any atom is -0.381 e. The highest BCUT2D eigenvalue weighted by Gasteiger charge is 2.44. The number of aliphatic hydroxyl groups is 1. The van der Waals surface area contributed by atoms with Crippen molar-refractivity contribution in [1.82, 2.24) is 9.97 Å². The van der Waals surface area contributed by atoms with E-state index in [4.69, 9.17) is 27.9 Å². The molecule has 0 aliphatic carbocycles. The summed E-state index contributed by atoms with van der Waals surface area (Å²) in [6, 6.07) is 0.0410. The molecule has 1 N–H and O–H groups in total. The molecule has 8 heteroatoms. The Morgan fingerprint density at radius 3 is 2.81 bits per heavy atom. The highest BCUT2D eigenvalue weighted by Crippen LogP contribution is 2.42. The van der Waals surface area contributed by atoms with E-state index in [0.29, 0.717) is 18.1 Å². The van der Waals surface area contributed by atoms with Gasteiger partial charge in [0.05, 0.1) is 12.8 Å². The molecule has 6 nitrogen and oxygen atoms in total. The van der Waals surface area contributed by atoms with Crippen LogP contribution in [0.25, 0.3) is 0 Å². The normalized spacial score (nSPS) is 27.0. The van der Waals surface area contributed by atoms with Crippen molar-refractivity contribution in [1.29, 1.82) is 0 Å². The van der Waals surface area contributed by atoms with Gasteiger partial charge in [0.15, 0.2) is 10.8 Å². The summed E-state index contributed by atoms with van der Waals surface area (Å²) in [6.07, 6.45) is 2.00. The van der Waals surface area contributed by atoms with Gasteiger partial charge in [-0.2, -0.15) is 9.56 Å².